The van der Waals surface area contributed by atoms with Crippen molar-refractivity contribution in [2.24, 2.45) is 5.92 Å². The molecule has 112 valence electrons. The summed E-state index contributed by atoms with van der Waals surface area (Å²) in [5, 5.41) is 3.95. The Labute approximate surface area is 120 Å². The van der Waals surface area contributed by atoms with Crippen LogP contribution in [0.5, 0.6) is 0 Å². The summed E-state index contributed by atoms with van der Waals surface area (Å²) in [5.74, 6) is 0.818. The summed E-state index contributed by atoms with van der Waals surface area (Å²) >= 11 is 0. The smallest absolute Gasteiger partial charge is 0.0309 e. The molecule has 1 unspecified atom stereocenters. The molecule has 1 spiro atoms. The third-order valence-corrected chi connectivity index (χ3v) is 5.65. The van der Waals surface area contributed by atoms with E-state index in [0.29, 0.717) is 11.1 Å². The first-order valence-electron chi connectivity index (χ1n) is 8.50. The van der Waals surface area contributed by atoms with Gasteiger partial charge >= 0.3 is 0 Å². The molecule has 0 aromatic carbocycles. The highest BCUT2D eigenvalue weighted by molar-refractivity contribution is 5.04. The van der Waals surface area contributed by atoms with Gasteiger partial charge in [-0.3, -0.25) is 4.90 Å². The Bertz CT molecular complexity index is 281. The van der Waals surface area contributed by atoms with E-state index in [1.165, 1.54) is 64.6 Å². The first-order chi connectivity index (χ1) is 9.00. The van der Waals surface area contributed by atoms with Crippen LogP contribution in [0, 0.1) is 5.92 Å². The van der Waals surface area contributed by atoms with Crippen molar-refractivity contribution in [1.29, 1.82) is 0 Å². The quantitative estimate of drug-likeness (QED) is 0.832. The van der Waals surface area contributed by atoms with Gasteiger partial charge in [0.05, 0.1) is 0 Å². The molecule has 1 aliphatic carbocycles. The van der Waals surface area contributed by atoms with Gasteiger partial charge in [-0.25, -0.2) is 0 Å². The standard InChI is InChI=1S/C17H34N2/c1-5-16(4)13-18-17(10-7-6-8-11-17)14-19(16)12-9-15(2)3/h15,18H,5-14H2,1-4H3. The van der Waals surface area contributed by atoms with E-state index in [4.69, 9.17) is 0 Å². The number of nitrogens with zero attached hydrogens (tertiary/aromatic N) is 1. The molecule has 1 saturated heterocycles. The van der Waals surface area contributed by atoms with Crippen molar-refractivity contribution in [3.05, 3.63) is 0 Å². The Morgan fingerprint density at radius 1 is 1.16 bits per heavy atom. The molecule has 0 amide bonds. The lowest BCUT2D eigenvalue weighted by Gasteiger charge is -2.55. The summed E-state index contributed by atoms with van der Waals surface area (Å²) in [6.45, 7) is 13.2. The zero-order chi connectivity index (χ0) is 13.9. The van der Waals surface area contributed by atoms with Gasteiger partial charge in [-0.15, -0.1) is 0 Å². The van der Waals surface area contributed by atoms with Crippen molar-refractivity contribution in [1.82, 2.24) is 10.2 Å². The van der Waals surface area contributed by atoms with Crippen molar-refractivity contribution in [3.8, 4) is 0 Å². The number of rotatable bonds is 4. The van der Waals surface area contributed by atoms with Gasteiger partial charge in [-0.1, -0.05) is 40.0 Å². The lowest BCUT2D eigenvalue weighted by atomic mass is 9.77. The fourth-order valence-electron chi connectivity index (χ4n) is 3.78. The molecule has 2 heteroatoms. The Morgan fingerprint density at radius 3 is 2.42 bits per heavy atom. The van der Waals surface area contributed by atoms with E-state index >= 15 is 0 Å². The van der Waals surface area contributed by atoms with Crippen molar-refractivity contribution < 1.29 is 0 Å². The minimum Gasteiger partial charge on any atom is -0.308 e. The molecular weight excluding hydrogens is 232 g/mol. The van der Waals surface area contributed by atoms with Gasteiger partial charge < -0.3 is 5.32 Å². The highest BCUT2D eigenvalue weighted by Gasteiger charge is 2.44. The summed E-state index contributed by atoms with van der Waals surface area (Å²) in [6, 6.07) is 0. The molecule has 1 aliphatic heterocycles. The molecular formula is C17H34N2. The monoisotopic (exact) mass is 266 g/mol. The summed E-state index contributed by atoms with van der Waals surface area (Å²) in [5.41, 5.74) is 0.821. The molecule has 1 atom stereocenters. The van der Waals surface area contributed by atoms with Crippen LogP contribution in [0.25, 0.3) is 0 Å². The second-order valence-electron chi connectivity index (χ2n) is 7.65. The first-order valence-corrected chi connectivity index (χ1v) is 8.50. The van der Waals surface area contributed by atoms with Crippen LogP contribution in [0.15, 0.2) is 0 Å². The van der Waals surface area contributed by atoms with E-state index < -0.39 is 0 Å². The van der Waals surface area contributed by atoms with Crippen molar-refractivity contribution in [3.63, 3.8) is 0 Å². The molecule has 19 heavy (non-hydrogen) atoms. The summed E-state index contributed by atoms with van der Waals surface area (Å²) in [4.78, 5) is 2.81. The molecule has 2 aliphatic rings. The molecule has 0 bridgehead atoms. The average molecular weight is 266 g/mol. The summed E-state index contributed by atoms with van der Waals surface area (Å²) in [7, 11) is 0. The van der Waals surface area contributed by atoms with E-state index in [1.807, 2.05) is 0 Å². The third kappa shape index (κ3) is 3.52. The summed E-state index contributed by atoms with van der Waals surface area (Å²) < 4.78 is 0. The van der Waals surface area contributed by atoms with Crippen molar-refractivity contribution >= 4 is 0 Å². The topological polar surface area (TPSA) is 15.3 Å². The Hall–Kier alpha value is -0.0800. The average Bonchev–Trinajstić information content (AvgIpc) is 2.41. The lowest BCUT2D eigenvalue weighted by Crippen LogP contribution is -2.69. The zero-order valence-corrected chi connectivity index (χ0v) is 13.6. The minimum absolute atomic E-state index is 0.373. The second-order valence-corrected chi connectivity index (χ2v) is 7.65. The SMILES string of the molecule is CCC1(C)CNC2(CCCCC2)CN1CCC(C)C. The Balaban J connectivity index is 2.04. The molecule has 0 aromatic heterocycles. The van der Waals surface area contributed by atoms with E-state index in [9.17, 15) is 0 Å². The molecule has 0 radical (unpaired) electrons. The van der Waals surface area contributed by atoms with Crippen molar-refractivity contribution in [2.45, 2.75) is 83.7 Å². The van der Waals surface area contributed by atoms with Crippen molar-refractivity contribution in [2.75, 3.05) is 19.6 Å². The Morgan fingerprint density at radius 2 is 1.84 bits per heavy atom. The highest BCUT2D eigenvalue weighted by Crippen LogP contribution is 2.35. The van der Waals surface area contributed by atoms with Gasteiger partial charge in [0.2, 0.25) is 0 Å². The van der Waals surface area contributed by atoms with Gasteiger partial charge in [-0.05, 0) is 45.1 Å². The molecule has 2 fully saturated rings. The fraction of sp³-hybridized carbons (Fsp3) is 1.00. The normalized spacial score (nSPS) is 32.1. The van der Waals surface area contributed by atoms with Gasteiger partial charge in [0.25, 0.3) is 0 Å². The maximum atomic E-state index is 3.95. The molecule has 1 heterocycles. The van der Waals surface area contributed by atoms with Crippen LogP contribution in [-0.2, 0) is 0 Å². The zero-order valence-electron chi connectivity index (χ0n) is 13.6. The molecule has 1 saturated carbocycles. The molecule has 2 rings (SSSR count). The van der Waals surface area contributed by atoms with E-state index in [-0.39, 0.29) is 0 Å². The van der Waals surface area contributed by atoms with Crippen LogP contribution in [0.3, 0.4) is 0 Å². The highest BCUT2D eigenvalue weighted by atomic mass is 15.3. The second kappa shape index (κ2) is 6.13. The van der Waals surface area contributed by atoms with Crippen LogP contribution in [-0.4, -0.2) is 35.6 Å². The van der Waals surface area contributed by atoms with Crippen LogP contribution in [0.4, 0.5) is 0 Å². The lowest BCUT2D eigenvalue weighted by molar-refractivity contribution is -0.00393. The number of hydrogen-bond acceptors (Lipinski definition) is 2. The van der Waals surface area contributed by atoms with E-state index in [2.05, 4.69) is 37.9 Å². The van der Waals surface area contributed by atoms with Gasteiger partial charge in [-0.2, -0.15) is 0 Å². The Kier molecular flexibility index (Phi) is 4.94. The van der Waals surface area contributed by atoms with Crippen LogP contribution >= 0.6 is 0 Å². The number of nitrogens with one attached hydrogen (secondary N) is 1. The predicted molar refractivity (Wildman–Crippen MR) is 83.5 cm³/mol. The van der Waals surface area contributed by atoms with E-state index in [0.717, 1.165) is 5.92 Å². The molecule has 0 aromatic rings. The predicted octanol–water partition coefficient (Wildman–Crippen LogP) is 3.81. The third-order valence-electron chi connectivity index (χ3n) is 5.65. The van der Waals surface area contributed by atoms with E-state index in [1.54, 1.807) is 0 Å². The van der Waals surface area contributed by atoms with Crippen LogP contribution in [0.2, 0.25) is 0 Å². The molecule has 2 nitrogen and oxygen atoms in total. The van der Waals surface area contributed by atoms with Gasteiger partial charge in [0.1, 0.15) is 0 Å². The van der Waals surface area contributed by atoms with Gasteiger partial charge in [0.15, 0.2) is 0 Å². The first kappa shape index (κ1) is 15.3. The maximum Gasteiger partial charge on any atom is 0.0309 e. The van der Waals surface area contributed by atoms with Gasteiger partial charge in [0, 0.05) is 24.2 Å². The largest absolute Gasteiger partial charge is 0.308 e. The fourth-order valence-corrected chi connectivity index (χ4v) is 3.78. The number of hydrogen-bond donors (Lipinski definition) is 1. The summed E-state index contributed by atoms with van der Waals surface area (Å²) in [6.07, 6.45) is 9.68. The van der Waals surface area contributed by atoms with Crippen LogP contribution < -0.4 is 5.32 Å². The minimum atomic E-state index is 0.373. The number of piperazine rings is 1. The van der Waals surface area contributed by atoms with Crippen LogP contribution in [0.1, 0.15) is 72.6 Å². The molecule has 1 N–H and O–H groups in total. The maximum absolute atomic E-state index is 3.95.